The van der Waals surface area contributed by atoms with Crippen molar-refractivity contribution in [2.75, 3.05) is 18.5 Å². The normalized spacial score (nSPS) is 12.7. The van der Waals surface area contributed by atoms with Gasteiger partial charge < -0.3 is 14.8 Å². The van der Waals surface area contributed by atoms with Crippen molar-refractivity contribution in [1.29, 1.82) is 0 Å². The van der Waals surface area contributed by atoms with E-state index in [1.54, 1.807) is 12.3 Å². The first-order chi connectivity index (χ1) is 13.1. The Morgan fingerprint density at radius 1 is 1.00 bits per heavy atom. The largest absolute Gasteiger partial charge is 0.486 e. The Balaban J connectivity index is 1.53. The number of ether oxygens (including phenoxy) is 2. The first kappa shape index (κ1) is 17.3. The van der Waals surface area contributed by atoms with Crippen molar-refractivity contribution in [3.63, 3.8) is 0 Å². The van der Waals surface area contributed by atoms with Gasteiger partial charge in [0.25, 0.3) is 0 Å². The van der Waals surface area contributed by atoms with E-state index in [-0.39, 0.29) is 12.1 Å². The minimum atomic E-state index is -0.578. The van der Waals surface area contributed by atoms with E-state index in [4.69, 9.17) is 9.47 Å². The Morgan fingerprint density at radius 2 is 1.70 bits per heavy atom. The number of hydrogen-bond donors (Lipinski definition) is 1. The Morgan fingerprint density at radius 3 is 2.37 bits per heavy atom. The van der Waals surface area contributed by atoms with E-state index in [9.17, 15) is 8.78 Å². The molecule has 3 aromatic rings. The van der Waals surface area contributed by atoms with Crippen LogP contribution in [0.3, 0.4) is 0 Å². The highest BCUT2D eigenvalue weighted by Gasteiger charge is 2.15. The van der Waals surface area contributed by atoms with E-state index < -0.39 is 11.6 Å². The van der Waals surface area contributed by atoms with Gasteiger partial charge in [-0.2, -0.15) is 0 Å². The molecule has 2 aromatic carbocycles. The summed E-state index contributed by atoms with van der Waals surface area (Å²) in [5.74, 6) is 0.855. The fraction of sp³-hybridized carbons (Fsp3) is 0.190. The zero-order valence-electron chi connectivity index (χ0n) is 14.8. The van der Waals surface area contributed by atoms with Crippen molar-refractivity contribution in [3.8, 4) is 22.6 Å². The molecule has 1 aliphatic heterocycles. The summed E-state index contributed by atoms with van der Waals surface area (Å²) in [4.78, 5) is 4.35. The number of rotatable bonds is 4. The van der Waals surface area contributed by atoms with E-state index in [2.05, 4.69) is 10.3 Å². The number of hydrogen-bond acceptors (Lipinski definition) is 4. The Kier molecular flexibility index (Phi) is 4.62. The lowest BCUT2D eigenvalue weighted by Crippen LogP contribution is -2.15. The summed E-state index contributed by atoms with van der Waals surface area (Å²) in [6.45, 7) is 3.11. The van der Waals surface area contributed by atoms with Crippen LogP contribution in [-0.2, 0) is 6.54 Å². The molecule has 0 saturated carbocycles. The molecule has 4 rings (SSSR count). The molecule has 0 fully saturated rings. The maximum atomic E-state index is 13.7. The van der Waals surface area contributed by atoms with Gasteiger partial charge in [-0.15, -0.1) is 0 Å². The molecule has 0 radical (unpaired) electrons. The van der Waals surface area contributed by atoms with Gasteiger partial charge in [-0.1, -0.05) is 6.07 Å². The molecule has 2 heterocycles. The summed E-state index contributed by atoms with van der Waals surface area (Å²) in [7, 11) is 0. The molecule has 6 heteroatoms. The van der Waals surface area contributed by atoms with Crippen LogP contribution in [0.4, 0.5) is 14.6 Å². The van der Waals surface area contributed by atoms with Gasteiger partial charge in [0, 0.05) is 23.9 Å². The number of nitrogens with zero attached hydrogens (tertiary/aromatic N) is 1. The van der Waals surface area contributed by atoms with Gasteiger partial charge in [-0.25, -0.2) is 13.8 Å². The van der Waals surface area contributed by atoms with Crippen molar-refractivity contribution in [2.45, 2.75) is 13.5 Å². The Hall–Kier alpha value is -3.15. The number of anilines is 1. The maximum absolute atomic E-state index is 13.7. The fourth-order valence-corrected chi connectivity index (χ4v) is 3.04. The second-order valence-electron chi connectivity index (χ2n) is 6.30. The molecule has 27 heavy (non-hydrogen) atoms. The van der Waals surface area contributed by atoms with Crippen molar-refractivity contribution in [1.82, 2.24) is 4.98 Å². The van der Waals surface area contributed by atoms with Crippen LogP contribution in [0.2, 0.25) is 0 Å². The fourth-order valence-electron chi connectivity index (χ4n) is 3.04. The number of nitrogens with one attached hydrogen (secondary N) is 1. The molecule has 0 spiro atoms. The topological polar surface area (TPSA) is 43.4 Å². The van der Waals surface area contributed by atoms with E-state index in [1.807, 2.05) is 25.1 Å². The molecule has 0 bridgehead atoms. The third kappa shape index (κ3) is 3.56. The lowest BCUT2D eigenvalue weighted by molar-refractivity contribution is 0.171. The molecular formula is C21H18F2N2O2. The smallest absolute Gasteiger partial charge is 0.161 e. The summed E-state index contributed by atoms with van der Waals surface area (Å²) in [6, 6.07) is 11.4. The van der Waals surface area contributed by atoms with E-state index >= 15 is 0 Å². The number of fused-ring (bicyclic) bond motifs is 1. The average molecular weight is 368 g/mol. The van der Waals surface area contributed by atoms with Crippen molar-refractivity contribution < 1.29 is 18.3 Å². The molecule has 0 atom stereocenters. The predicted molar refractivity (Wildman–Crippen MR) is 99.1 cm³/mol. The number of benzene rings is 2. The van der Waals surface area contributed by atoms with Gasteiger partial charge in [-0.05, 0) is 54.4 Å². The summed E-state index contributed by atoms with van der Waals surface area (Å²) in [5, 5.41) is 2.95. The zero-order chi connectivity index (χ0) is 18.8. The van der Waals surface area contributed by atoms with Crippen LogP contribution in [0.25, 0.3) is 11.1 Å². The first-order valence-corrected chi connectivity index (χ1v) is 8.65. The van der Waals surface area contributed by atoms with E-state index in [1.165, 1.54) is 18.2 Å². The molecule has 1 N–H and O–H groups in total. The summed E-state index contributed by atoms with van der Waals surface area (Å²) in [5.41, 5.74) is 2.96. The van der Waals surface area contributed by atoms with Crippen LogP contribution < -0.4 is 14.8 Å². The molecular weight excluding hydrogens is 350 g/mol. The second-order valence-corrected chi connectivity index (χ2v) is 6.30. The maximum Gasteiger partial charge on any atom is 0.161 e. The van der Waals surface area contributed by atoms with Crippen molar-refractivity contribution in [3.05, 3.63) is 71.4 Å². The second kappa shape index (κ2) is 7.23. The van der Waals surface area contributed by atoms with E-state index in [0.29, 0.717) is 19.0 Å². The molecule has 0 saturated heterocycles. The number of aromatic nitrogens is 1. The number of halogens is 2. The van der Waals surface area contributed by atoms with Gasteiger partial charge in [0.2, 0.25) is 0 Å². The van der Waals surface area contributed by atoms with Gasteiger partial charge in [0.1, 0.15) is 30.7 Å². The van der Waals surface area contributed by atoms with Crippen LogP contribution in [0.5, 0.6) is 11.5 Å². The molecule has 1 aromatic heterocycles. The minimum absolute atomic E-state index is 0.00828. The number of aryl methyl sites for hydroxylation is 1. The molecule has 1 aliphatic rings. The summed E-state index contributed by atoms with van der Waals surface area (Å²) in [6.07, 6.45) is 1.72. The van der Waals surface area contributed by atoms with Gasteiger partial charge in [0.05, 0.1) is 0 Å². The van der Waals surface area contributed by atoms with Crippen molar-refractivity contribution in [2.24, 2.45) is 0 Å². The van der Waals surface area contributed by atoms with Crippen LogP contribution >= 0.6 is 0 Å². The molecule has 0 amide bonds. The number of pyridine rings is 1. The van der Waals surface area contributed by atoms with Crippen molar-refractivity contribution >= 4 is 5.82 Å². The van der Waals surface area contributed by atoms with Gasteiger partial charge in [-0.3, -0.25) is 0 Å². The highest BCUT2D eigenvalue weighted by atomic mass is 19.1. The molecule has 138 valence electrons. The quantitative estimate of drug-likeness (QED) is 0.724. The summed E-state index contributed by atoms with van der Waals surface area (Å²) < 4.78 is 38.6. The van der Waals surface area contributed by atoms with Crippen LogP contribution in [0, 0.1) is 18.6 Å². The zero-order valence-corrected chi connectivity index (χ0v) is 14.8. The monoisotopic (exact) mass is 368 g/mol. The van der Waals surface area contributed by atoms with Crippen LogP contribution in [0.15, 0.2) is 48.7 Å². The predicted octanol–water partition coefficient (Wildman–Crippen LogP) is 4.72. The van der Waals surface area contributed by atoms with Crippen LogP contribution in [0.1, 0.15) is 11.1 Å². The van der Waals surface area contributed by atoms with Gasteiger partial charge >= 0.3 is 0 Å². The lowest BCUT2D eigenvalue weighted by atomic mass is 10.0. The first-order valence-electron chi connectivity index (χ1n) is 8.65. The Labute approximate surface area is 155 Å². The average Bonchev–Trinajstić information content (AvgIpc) is 2.68. The molecule has 4 nitrogen and oxygen atoms in total. The van der Waals surface area contributed by atoms with E-state index in [0.717, 1.165) is 28.2 Å². The van der Waals surface area contributed by atoms with Crippen LogP contribution in [-0.4, -0.2) is 18.2 Å². The third-order valence-corrected chi connectivity index (χ3v) is 4.47. The minimum Gasteiger partial charge on any atom is -0.486 e. The highest BCUT2D eigenvalue weighted by Crippen LogP contribution is 2.37. The van der Waals surface area contributed by atoms with Gasteiger partial charge in [0.15, 0.2) is 11.5 Å². The molecule has 0 aliphatic carbocycles. The standard InChI is InChI=1S/C21H18F2N2O2/c1-13-9-19-20(27-8-7-26-19)10-15(13)14-5-6-21(24-11-14)25-12-16-17(22)3-2-4-18(16)23/h2-6,9-11H,7-8,12H2,1H3,(H,24,25). The lowest BCUT2D eigenvalue weighted by Gasteiger charge is -2.20. The highest BCUT2D eigenvalue weighted by molar-refractivity contribution is 5.71. The Bertz CT molecular complexity index is 954. The third-order valence-electron chi connectivity index (χ3n) is 4.47. The SMILES string of the molecule is Cc1cc2c(cc1-c1ccc(NCc3c(F)cccc3F)nc1)OCCO2. The molecule has 0 unspecified atom stereocenters. The summed E-state index contributed by atoms with van der Waals surface area (Å²) >= 11 is 0.